The molecule has 5 nitrogen and oxygen atoms in total. The molecule has 8 heteroatoms. The first-order valence-electron chi connectivity index (χ1n) is 0. The maximum absolute atomic E-state index is 0. The van der Waals surface area contributed by atoms with Gasteiger partial charge in [0.2, 0.25) is 0 Å². The second-order valence-corrected chi connectivity index (χ2v) is 0. The fourth-order valence-electron chi connectivity index (χ4n) is 0. The molecule has 0 amide bonds. The summed E-state index contributed by atoms with van der Waals surface area (Å²) >= 11 is 0. The average Bonchev–Trinajstić information content (AvgIpc) is 0. The van der Waals surface area contributed by atoms with Gasteiger partial charge in [0.25, 0.3) is 0 Å². The largest absolute Gasteiger partial charge is 4.00 e. The molecule has 0 N–H and O–H groups in total. The second kappa shape index (κ2) is 135. The molecule has 0 unspecified atom stereocenters. The normalized spacial score (nSPS) is 0. The van der Waals surface area contributed by atoms with Crippen molar-refractivity contribution in [1.82, 2.24) is 0 Å². The van der Waals surface area contributed by atoms with Gasteiger partial charge in [-0.1, -0.05) is 0 Å². The molecular weight excluding hydrogens is 432 g/mol. The van der Waals surface area contributed by atoms with Crippen molar-refractivity contribution in [1.29, 1.82) is 0 Å². The quantitative estimate of drug-likeness (QED) is 0.434. The molecule has 0 aliphatic rings. The molecule has 0 atom stereocenters. The summed E-state index contributed by atoms with van der Waals surface area (Å²) in [5.41, 5.74) is 0. The van der Waals surface area contributed by atoms with Crippen LogP contribution < -0.4 is 0 Å². The van der Waals surface area contributed by atoms with Crippen LogP contribution in [0.4, 0.5) is 0 Å². The van der Waals surface area contributed by atoms with E-state index in [1.165, 1.54) is 0 Å². The number of hydrogen-bond acceptors (Lipinski definition) is 0. The summed E-state index contributed by atoms with van der Waals surface area (Å²) in [7, 11) is 0. The first kappa shape index (κ1) is 190. The summed E-state index contributed by atoms with van der Waals surface area (Å²) in [5, 5.41) is 0. The van der Waals surface area contributed by atoms with Crippen LogP contribution >= 0.6 is 0 Å². The van der Waals surface area contributed by atoms with Crippen molar-refractivity contribution < 1.29 is 70.9 Å². The Hall–Kier alpha value is 2.10. The molecule has 0 saturated heterocycles. The van der Waals surface area contributed by atoms with E-state index in [1.54, 1.807) is 0 Å². The molecule has 0 aliphatic heterocycles. The Bertz CT molecular complexity index is 12.4. The van der Waals surface area contributed by atoms with Crippen molar-refractivity contribution in [3.63, 3.8) is 0 Å². The van der Waals surface area contributed by atoms with Crippen LogP contribution in [0.2, 0.25) is 0 Å². The van der Waals surface area contributed by atoms with Crippen LogP contribution in [0.3, 0.4) is 0 Å². The first-order chi connectivity index (χ1) is 0. The van der Waals surface area contributed by atoms with E-state index < -0.39 is 0 Å². The van der Waals surface area contributed by atoms with Crippen molar-refractivity contribution in [2.75, 3.05) is 0 Å². The van der Waals surface area contributed by atoms with Crippen LogP contribution in [-0.4, -0.2) is 26.2 Å². The molecule has 3 radical (unpaired) electrons. The van der Waals surface area contributed by atoms with Gasteiger partial charge in [0.05, 0.1) is 0 Å². The molecule has 0 rings (SSSR count). The maximum Gasteiger partial charge on any atom is 4.00 e. The van der Waals surface area contributed by atoms with Crippen LogP contribution in [0.15, 0.2) is 0 Å². The smallest absolute Gasteiger partial charge is 2.00 e. The van der Waals surface area contributed by atoms with Gasteiger partial charge >= 0.3 is 69.8 Å². The van der Waals surface area contributed by atoms with E-state index in [0.29, 0.717) is 0 Å². The summed E-state index contributed by atoms with van der Waals surface area (Å²) in [6.45, 7) is 0. The van der Waals surface area contributed by atoms with Gasteiger partial charge in [-0.15, -0.1) is 0 Å². The molecular formula is BiCrO5Zr. The third-order valence-corrected chi connectivity index (χ3v) is 0. The zero-order chi connectivity index (χ0) is 0. The van der Waals surface area contributed by atoms with Gasteiger partial charge in [-0.2, -0.15) is 0 Å². The fraction of sp³-hybridized carbons (Fsp3) is 0. The van der Waals surface area contributed by atoms with Crippen molar-refractivity contribution in [3.8, 4) is 0 Å². The van der Waals surface area contributed by atoms with E-state index in [4.69, 9.17) is 0 Å². The summed E-state index contributed by atoms with van der Waals surface area (Å²) in [4.78, 5) is 0. The fourth-order valence-corrected chi connectivity index (χ4v) is 0. The van der Waals surface area contributed by atoms with Crippen molar-refractivity contribution in [2.24, 2.45) is 0 Å². The Kier molecular flexibility index (Phi) is 3210. The van der Waals surface area contributed by atoms with Gasteiger partial charge in [0.1, 0.15) is 0 Å². The molecule has 0 bridgehead atoms. The Morgan fingerprint density at radius 3 is 0.500 bits per heavy atom. The van der Waals surface area contributed by atoms with E-state index in [0.717, 1.165) is 0 Å². The molecule has 45 valence electrons. The standard InChI is InChI=1S/Bi.Cr.5O.Zr/q2*+3;5*-2;+4. The van der Waals surface area contributed by atoms with Crippen LogP contribution in [0.1, 0.15) is 0 Å². The zero-order valence-electron chi connectivity index (χ0n) is 3.40. The van der Waals surface area contributed by atoms with Crippen LogP contribution in [0.25, 0.3) is 0 Å². The Balaban J connectivity index is 0. The Morgan fingerprint density at radius 1 is 0.500 bits per heavy atom. The van der Waals surface area contributed by atoms with Gasteiger partial charge in [-0.3, -0.25) is 0 Å². The Morgan fingerprint density at radius 2 is 0.500 bits per heavy atom. The topological polar surface area (TPSA) is 142 Å². The van der Waals surface area contributed by atoms with Crippen molar-refractivity contribution >= 4 is 26.2 Å². The van der Waals surface area contributed by atoms with Crippen LogP contribution in [-0.2, 0) is 70.9 Å². The van der Waals surface area contributed by atoms with Crippen molar-refractivity contribution in [2.45, 2.75) is 0 Å². The summed E-state index contributed by atoms with van der Waals surface area (Å²) in [6.07, 6.45) is 0. The van der Waals surface area contributed by atoms with Crippen molar-refractivity contribution in [3.05, 3.63) is 0 Å². The van der Waals surface area contributed by atoms with Crippen LogP contribution in [0.5, 0.6) is 0 Å². The van der Waals surface area contributed by atoms with E-state index in [1.807, 2.05) is 0 Å². The van der Waals surface area contributed by atoms with Gasteiger partial charge < -0.3 is 27.4 Å². The first-order valence-corrected chi connectivity index (χ1v) is 0. The molecule has 0 aromatic rings. The van der Waals surface area contributed by atoms with Gasteiger partial charge in [-0.05, 0) is 0 Å². The summed E-state index contributed by atoms with van der Waals surface area (Å²) in [6, 6.07) is 0. The molecule has 0 aromatic heterocycles. The second-order valence-electron chi connectivity index (χ2n) is 0. The third-order valence-electron chi connectivity index (χ3n) is 0. The monoisotopic (exact) mass is 431 g/mol. The van der Waals surface area contributed by atoms with E-state index in [9.17, 15) is 0 Å². The van der Waals surface area contributed by atoms with E-state index >= 15 is 0 Å². The number of rotatable bonds is 0. The number of hydrogen-bond donors (Lipinski definition) is 0. The average molecular weight is 432 g/mol. The van der Waals surface area contributed by atoms with E-state index in [2.05, 4.69) is 0 Å². The minimum atomic E-state index is 0. The zero-order valence-corrected chi connectivity index (χ0v) is 10.6. The molecule has 0 fully saturated rings. The van der Waals surface area contributed by atoms with E-state index in [-0.39, 0.29) is 97.1 Å². The van der Waals surface area contributed by atoms with Crippen LogP contribution in [0, 0.1) is 0 Å². The predicted octanol–water partition coefficient (Wildman–Crippen LogP) is -0.980. The molecule has 0 aliphatic carbocycles. The predicted molar refractivity (Wildman–Crippen MR) is 9.19 cm³/mol. The minimum Gasteiger partial charge on any atom is -2.00 e. The maximum atomic E-state index is 0. The summed E-state index contributed by atoms with van der Waals surface area (Å²) in [5.74, 6) is 0. The van der Waals surface area contributed by atoms with Gasteiger partial charge in [-0.25, -0.2) is 0 Å². The minimum absolute atomic E-state index is 0. The van der Waals surface area contributed by atoms with Gasteiger partial charge in [0, 0.05) is 0 Å². The molecule has 0 heterocycles. The van der Waals surface area contributed by atoms with Gasteiger partial charge in [0.15, 0.2) is 0 Å². The third kappa shape index (κ3) is 92.7. The Labute approximate surface area is 96.1 Å². The summed E-state index contributed by atoms with van der Waals surface area (Å²) < 4.78 is 0. The molecule has 0 spiro atoms. The SMILES string of the molecule is [Bi+3].[Cr+3].[O-2].[O-2].[O-2].[O-2].[O-2].[Zr+4]. The molecule has 8 heavy (non-hydrogen) atoms. The molecule has 0 aromatic carbocycles. The molecule has 0 saturated carbocycles.